The summed E-state index contributed by atoms with van der Waals surface area (Å²) in [5.74, 6) is -1.09. The lowest BCUT2D eigenvalue weighted by atomic mass is 9.79. The number of carbonyl (C=O) groups is 2. The molecule has 3 aromatic rings. The number of aromatic nitrogens is 2. The quantitative estimate of drug-likeness (QED) is 0.514. The van der Waals surface area contributed by atoms with Gasteiger partial charge in [0.05, 0.1) is 49.8 Å². The van der Waals surface area contributed by atoms with Crippen LogP contribution >= 0.6 is 0 Å². The summed E-state index contributed by atoms with van der Waals surface area (Å²) in [6.07, 6.45) is 1.85. The van der Waals surface area contributed by atoms with Crippen LogP contribution < -0.4 is 10.1 Å². The first-order valence-electron chi connectivity index (χ1n) is 11.5. The van der Waals surface area contributed by atoms with Gasteiger partial charge in [-0.1, -0.05) is 18.2 Å². The Bertz CT molecular complexity index is 1350. The summed E-state index contributed by atoms with van der Waals surface area (Å²) in [7, 11) is 4.27. The molecule has 36 heavy (non-hydrogen) atoms. The Morgan fingerprint density at radius 3 is 2.03 bits per heavy atom. The molecule has 186 valence electrons. The molecule has 1 aromatic heterocycles. The smallest absolute Gasteiger partial charge is 0.336 e. The van der Waals surface area contributed by atoms with Crippen molar-refractivity contribution < 1.29 is 23.8 Å². The van der Waals surface area contributed by atoms with Crippen LogP contribution in [0.4, 0.5) is 0 Å². The molecular weight excluding hydrogens is 458 g/mol. The SMILES string of the molecule is COC(=O)C1=C(C)NC(C)=C(C(=O)OC)C1c1cn(-c2ccccc2)nc1-c1ccc(OC)c(C)c1. The Morgan fingerprint density at radius 1 is 0.889 bits per heavy atom. The number of rotatable bonds is 6. The van der Waals surface area contributed by atoms with E-state index in [4.69, 9.17) is 19.3 Å². The monoisotopic (exact) mass is 487 g/mol. The van der Waals surface area contributed by atoms with Crippen molar-refractivity contribution in [3.63, 3.8) is 0 Å². The van der Waals surface area contributed by atoms with Crippen molar-refractivity contribution in [3.05, 3.63) is 88.4 Å². The summed E-state index contributed by atoms with van der Waals surface area (Å²) < 4.78 is 17.5. The van der Waals surface area contributed by atoms with Crippen LogP contribution in [0.1, 0.15) is 30.9 Å². The summed E-state index contributed by atoms with van der Waals surface area (Å²) in [6.45, 7) is 5.53. The van der Waals surface area contributed by atoms with E-state index in [0.717, 1.165) is 22.6 Å². The number of esters is 2. The molecule has 8 nitrogen and oxygen atoms in total. The minimum Gasteiger partial charge on any atom is -0.496 e. The molecule has 0 radical (unpaired) electrons. The predicted molar refractivity (Wildman–Crippen MR) is 136 cm³/mol. The lowest BCUT2D eigenvalue weighted by molar-refractivity contribution is -0.137. The molecule has 1 aliphatic heterocycles. The number of carbonyl (C=O) groups excluding carboxylic acids is 2. The van der Waals surface area contributed by atoms with Crippen molar-refractivity contribution in [1.29, 1.82) is 0 Å². The minimum atomic E-state index is -0.763. The molecule has 1 aliphatic rings. The highest BCUT2D eigenvalue weighted by Crippen LogP contribution is 2.43. The van der Waals surface area contributed by atoms with Crippen molar-refractivity contribution in [2.75, 3.05) is 21.3 Å². The van der Waals surface area contributed by atoms with Gasteiger partial charge in [0.25, 0.3) is 0 Å². The number of ether oxygens (including phenoxy) is 3. The first kappa shape index (κ1) is 24.8. The maximum absolute atomic E-state index is 13.0. The van der Waals surface area contributed by atoms with Crippen LogP contribution in [0.2, 0.25) is 0 Å². The molecule has 0 fully saturated rings. The predicted octanol–water partition coefficient (Wildman–Crippen LogP) is 4.44. The van der Waals surface area contributed by atoms with Crippen molar-refractivity contribution in [2.45, 2.75) is 26.7 Å². The highest BCUT2D eigenvalue weighted by molar-refractivity contribution is 6.00. The summed E-state index contributed by atoms with van der Waals surface area (Å²) >= 11 is 0. The van der Waals surface area contributed by atoms with Gasteiger partial charge in [-0.3, -0.25) is 0 Å². The van der Waals surface area contributed by atoms with Crippen molar-refractivity contribution in [1.82, 2.24) is 15.1 Å². The molecule has 0 saturated carbocycles. The number of aryl methyl sites for hydroxylation is 1. The van der Waals surface area contributed by atoms with Crippen molar-refractivity contribution >= 4 is 11.9 Å². The fourth-order valence-electron chi connectivity index (χ4n) is 4.63. The van der Waals surface area contributed by atoms with Crippen LogP contribution in [-0.2, 0) is 19.1 Å². The van der Waals surface area contributed by atoms with Crippen LogP contribution in [0.5, 0.6) is 5.75 Å². The van der Waals surface area contributed by atoms with E-state index in [2.05, 4.69) is 5.32 Å². The Balaban J connectivity index is 2.04. The van der Waals surface area contributed by atoms with Crippen molar-refractivity contribution in [3.8, 4) is 22.7 Å². The highest BCUT2D eigenvalue weighted by atomic mass is 16.5. The summed E-state index contributed by atoms with van der Waals surface area (Å²) in [4.78, 5) is 26.1. The fraction of sp³-hybridized carbons (Fsp3) is 0.250. The zero-order valence-electron chi connectivity index (χ0n) is 21.2. The Labute approximate surface area is 210 Å². The van der Waals surface area contributed by atoms with Crippen LogP contribution in [0, 0.1) is 6.92 Å². The highest BCUT2D eigenvalue weighted by Gasteiger charge is 2.40. The van der Waals surface area contributed by atoms with Gasteiger partial charge < -0.3 is 19.5 Å². The number of dihydropyridines is 1. The van der Waals surface area contributed by atoms with Gasteiger partial charge in [-0.05, 0) is 56.7 Å². The third-order valence-corrected chi connectivity index (χ3v) is 6.31. The largest absolute Gasteiger partial charge is 0.496 e. The van der Waals surface area contributed by atoms with Crippen LogP contribution in [-0.4, -0.2) is 43.0 Å². The lowest BCUT2D eigenvalue weighted by Crippen LogP contribution is -2.32. The number of benzene rings is 2. The lowest BCUT2D eigenvalue weighted by Gasteiger charge is -2.29. The Kier molecular flexibility index (Phi) is 6.96. The summed E-state index contributed by atoms with van der Waals surface area (Å²) in [5.41, 5.74) is 5.72. The molecule has 0 spiro atoms. The molecule has 2 aromatic carbocycles. The van der Waals surface area contributed by atoms with Crippen LogP contribution in [0.15, 0.2) is 77.3 Å². The number of allylic oxidation sites excluding steroid dienone is 2. The maximum atomic E-state index is 13.0. The molecular formula is C28H29N3O5. The van der Waals surface area contributed by atoms with E-state index in [0.29, 0.717) is 33.8 Å². The Morgan fingerprint density at radius 2 is 1.50 bits per heavy atom. The first-order chi connectivity index (χ1) is 17.3. The molecule has 2 heterocycles. The van der Waals surface area contributed by atoms with E-state index in [1.165, 1.54) is 14.2 Å². The van der Waals surface area contributed by atoms with E-state index < -0.39 is 17.9 Å². The third kappa shape index (κ3) is 4.37. The molecule has 0 aliphatic carbocycles. The summed E-state index contributed by atoms with van der Waals surface area (Å²) in [6, 6.07) is 15.4. The number of hydrogen-bond donors (Lipinski definition) is 1. The van der Waals surface area contributed by atoms with Crippen LogP contribution in [0.3, 0.4) is 0 Å². The summed E-state index contributed by atoms with van der Waals surface area (Å²) in [5, 5.41) is 8.06. The van der Waals surface area contributed by atoms with E-state index in [1.54, 1.807) is 25.6 Å². The zero-order chi connectivity index (χ0) is 26.0. The topological polar surface area (TPSA) is 91.7 Å². The average molecular weight is 488 g/mol. The molecule has 0 unspecified atom stereocenters. The minimum absolute atomic E-state index is 0.322. The third-order valence-electron chi connectivity index (χ3n) is 6.31. The maximum Gasteiger partial charge on any atom is 0.336 e. The van der Waals surface area contributed by atoms with Gasteiger partial charge >= 0.3 is 11.9 Å². The number of nitrogens with zero attached hydrogens (tertiary/aromatic N) is 2. The molecule has 8 heteroatoms. The zero-order valence-corrected chi connectivity index (χ0v) is 21.2. The fourth-order valence-corrected chi connectivity index (χ4v) is 4.63. The van der Waals surface area contributed by atoms with Gasteiger partial charge in [-0.15, -0.1) is 0 Å². The number of para-hydroxylation sites is 1. The van der Waals surface area contributed by atoms with Crippen molar-refractivity contribution in [2.24, 2.45) is 0 Å². The molecule has 0 atom stereocenters. The second-order valence-electron chi connectivity index (χ2n) is 8.52. The molecule has 1 N–H and O–H groups in total. The normalized spacial score (nSPS) is 13.9. The molecule has 0 bridgehead atoms. The van der Waals surface area contributed by atoms with Gasteiger partial charge in [0, 0.05) is 28.7 Å². The first-order valence-corrected chi connectivity index (χ1v) is 11.5. The standard InChI is InChI=1S/C28H29N3O5/c1-16-14-19(12-13-22(16)34-4)26-21(15-31(30-26)20-10-8-7-9-11-20)25-23(27(32)35-5)17(2)29-18(3)24(25)28(33)36-6/h7-15,25,29H,1-6H3. The van der Waals surface area contributed by atoms with Crippen LogP contribution in [0.25, 0.3) is 16.9 Å². The number of nitrogens with one attached hydrogen (secondary N) is 1. The van der Waals surface area contributed by atoms with Gasteiger partial charge in [-0.25, -0.2) is 14.3 Å². The van der Waals surface area contributed by atoms with E-state index in [9.17, 15) is 9.59 Å². The number of methoxy groups -OCH3 is 3. The van der Waals surface area contributed by atoms with Gasteiger partial charge in [0.2, 0.25) is 0 Å². The molecule has 0 amide bonds. The van der Waals surface area contributed by atoms with E-state index >= 15 is 0 Å². The average Bonchev–Trinajstić information content (AvgIpc) is 3.33. The van der Waals surface area contributed by atoms with Gasteiger partial charge in [-0.2, -0.15) is 5.10 Å². The van der Waals surface area contributed by atoms with Gasteiger partial charge in [0.15, 0.2) is 0 Å². The molecule has 4 rings (SSSR count). The van der Waals surface area contributed by atoms with Gasteiger partial charge in [0.1, 0.15) is 5.75 Å². The second-order valence-corrected chi connectivity index (χ2v) is 8.52. The Hall–Kier alpha value is -4.33. The second kappa shape index (κ2) is 10.1. The van der Waals surface area contributed by atoms with E-state index in [1.807, 2.05) is 61.7 Å². The van der Waals surface area contributed by atoms with E-state index in [-0.39, 0.29) is 0 Å². The molecule has 0 saturated heterocycles. The number of hydrogen-bond acceptors (Lipinski definition) is 7.